The topological polar surface area (TPSA) is 37.8 Å². The minimum Gasteiger partial charge on any atom is -0.370 e. The van der Waals surface area contributed by atoms with Gasteiger partial charge < -0.3 is 5.32 Å². The van der Waals surface area contributed by atoms with Crippen LogP contribution in [0.15, 0.2) is 41.0 Å². The molecule has 98 valence electrons. The smallest absolute Gasteiger partial charge is 0.135 e. The van der Waals surface area contributed by atoms with Crippen LogP contribution in [0.5, 0.6) is 0 Å². The minimum absolute atomic E-state index is 0.576. The zero-order valence-corrected chi connectivity index (χ0v) is 12.2. The molecule has 1 aromatic carbocycles. The van der Waals surface area contributed by atoms with Crippen LogP contribution in [0.3, 0.4) is 0 Å². The molecule has 0 bridgehead atoms. The van der Waals surface area contributed by atoms with E-state index in [4.69, 9.17) is 0 Å². The average molecular weight is 318 g/mol. The van der Waals surface area contributed by atoms with E-state index in [-0.39, 0.29) is 0 Å². The van der Waals surface area contributed by atoms with Gasteiger partial charge in [-0.25, -0.2) is 9.97 Å². The van der Waals surface area contributed by atoms with E-state index in [2.05, 4.69) is 55.5 Å². The van der Waals surface area contributed by atoms with Crippen LogP contribution in [-0.2, 0) is 6.42 Å². The molecular formula is C15H16BrN3. The Kier molecular flexibility index (Phi) is 3.78. The molecule has 0 spiro atoms. The van der Waals surface area contributed by atoms with E-state index < -0.39 is 0 Å². The molecule has 19 heavy (non-hydrogen) atoms. The molecule has 0 aliphatic heterocycles. The van der Waals surface area contributed by atoms with Crippen LogP contribution >= 0.6 is 15.9 Å². The maximum absolute atomic E-state index is 4.57. The standard InChI is InChI=1S/C15H16BrN3/c16-13-10-14(19-15(18-13)12-6-7-12)17-9-8-11-4-2-1-3-5-11/h1-5,10,12H,6-9H2,(H,17,18,19). The van der Waals surface area contributed by atoms with Gasteiger partial charge in [-0.3, -0.25) is 0 Å². The minimum atomic E-state index is 0.576. The summed E-state index contributed by atoms with van der Waals surface area (Å²) in [5.41, 5.74) is 1.34. The maximum Gasteiger partial charge on any atom is 0.135 e. The zero-order valence-electron chi connectivity index (χ0n) is 10.6. The zero-order chi connectivity index (χ0) is 13.1. The molecule has 4 heteroatoms. The molecule has 0 saturated heterocycles. The molecule has 1 aliphatic rings. The average Bonchev–Trinajstić information content (AvgIpc) is 3.24. The number of nitrogens with zero attached hydrogens (tertiary/aromatic N) is 2. The van der Waals surface area contributed by atoms with Crippen molar-refractivity contribution in [2.45, 2.75) is 25.2 Å². The first kappa shape index (κ1) is 12.6. The van der Waals surface area contributed by atoms with Crippen LogP contribution < -0.4 is 5.32 Å². The van der Waals surface area contributed by atoms with Gasteiger partial charge in [0.05, 0.1) is 0 Å². The Labute approximate surface area is 121 Å². The van der Waals surface area contributed by atoms with E-state index in [9.17, 15) is 0 Å². The first-order valence-electron chi connectivity index (χ1n) is 6.63. The molecule has 0 amide bonds. The van der Waals surface area contributed by atoms with Crippen LogP contribution in [0.4, 0.5) is 5.82 Å². The number of nitrogens with one attached hydrogen (secondary N) is 1. The van der Waals surface area contributed by atoms with Crippen molar-refractivity contribution in [2.24, 2.45) is 0 Å². The molecule has 1 saturated carbocycles. The Balaban J connectivity index is 1.60. The van der Waals surface area contributed by atoms with Gasteiger partial charge in [-0.15, -0.1) is 0 Å². The predicted molar refractivity (Wildman–Crippen MR) is 80.3 cm³/mol. The summed E-state index contributed by atoms with van der Waals surface area (Å²) in [6, 6.07) is 12.4. The molecule has 1 N–H and O–H groups in total. The number of anilines is 1. The highest BCUT2D eigenvalue weighted by atomic mass is 79.9. The summed E-state index contributed by atoms with van der Waals surface area (Å²) < 4.78 is 0.867. The summed E-state index contributed by atoms with van der Waals surface area (Å²) in [6.07, 6.45) is 3.45. The third-order valence-corrected chi connectivity index (χ3v) is 3.62. The van der Waals surface area contributed by atoms with Crippen molar-refractivity contribution in [2.75, 3.05) is 11.9 Å². The predicted octanol–water partition coefficient (Wildman–Crippen LogP) is 3.77. The Bertz CT molecular complexity index is 553. The molecule has 1 aliphatic carbocycles. The van der Waals surface area contributed by atoms with Crippen LogP contribution in [0.25, 0.3) is 0 Å². The fourth-order valence-electron chi connectivity index (χ4n) is 2.03. The Hall–Kier alpha value is -1.42. The summed E-state index contributed by atoms with van der Waals surface area (Å²) in [5, 5.41) is 3.38. The van der Waals surface area contributed by atoms with Crippen molar-refractivity contribution in [3.63, 3.8) is 0 Å². The van der Waals surface area contributed by atoms with E-state index in [1.54, 1.807) is 0 Å². The number of rotatable bonds is 5. The molecule has 0 radical (unpaired) electrons. The lowest BCUT2D eigenvalue weighted by Gasteiger charge is -2.07. The van der Waals surface area contributed by atoms with E-state index in [1.807, 2.05) is 12.1 Å². The van der Waals surface area contributed by atoms with E-state index in [0.717, 1.165) is 29.2 Å². The highest BCUT2D eigenvalue weighted by molar-refractivity contribution is 9.10. The largest absolute Gasteiger partial charge is 0.370 e. The molecule has 3 nitrogen and oxygen atoms in total. The summed E-state index contributed by atoms with van der Waals surface area (Å²) in [6.45, 7) is 0.886. The van der Waals surface area contributed by atoms with Crippen molar-refractivity contribution >= 4 is 21.7 Å². The van der Waals surface area contributed by atoms with Crippen LogP contribution in [-0.4, -0.2) is 16.5 Å². The van der Waals surface area contributed by atoms with Gasteiger partial charge in [0.1, 0.15) is 16.2 Å². The lowest BCUT2D eigenvalue weighted by atomic mass is 10.1. The van der Waals surface area contributed by atoms with Gasteiger partial charge in [-0.1, -0.05) is 30.3 Å². The maximum atomic E-state index is 4.57. The highest BCUT2D eigenvalue weighted by Crippen LogP contribution is 2.38. The van der Waals surface area contributed by atoms with Gasteiger partial charge >= 0.3 is 0 Å². The number of halogens is 1. The highest BCUT2D eigenvalue weighted by Gasteiger charge is 2.27. The van der Waals surface area contributed by atoms with Crippen LogP contribution in [0.2, 0.25) is 0 Å². The third kappa shape index (κ3) is 3.53. The fraction of sp³-hybridized carbons (Fsp3) is 0.333. The van der Waals surface area contributed by atoms with Gasteiger partial charge in [-0.2, -0.15) is 0 Å². The van der Waals surface area contributed by atoms with Crippen molar-refractivity contribution in [3.8, 4) is 0 Å². The summed E-state index contributed by atoms with van der Waals surface area (Å²) >= 11 is 3.45. The molecule has 1 fully saturated rings. The van der Waals surface area contributed by atoms with Gasteiger partial charge in [0.2, 0.25) is 0 Å². The Morgan fingerprint density at radius 3 is 2.68 bits per heavy atom. The summed E-state index contributed by atoms with van der Waals surface area (Å²) in [5.74, 6) is 2.46. The van der Waals surface area contributed by atoms with Crippen LogP contribution in [0.1, 0.15) is 30.1 Å². The van der Waals surface area contributed by atoms with Gasteiger partial charge in [-0.05, 0) is 40.8 Å². The molecule has 3 rings (SSSR count). The van der Waals surface area contributed by atoms with Crippen molar-refractivity contribution < 1.29 is 0 Å². The first-order chi connectivity index (χ1) is 9.31. The van der Waals surface area contributed by atoms with Crippen molar-refractivity contribution in [1.29, 1.82) is 0 Å². The molecule has 0 unspecified atom stereocenters. The van der Waals surface area contributed by atoms with Gasteiger partial charge in [0.25, 0.3) is 0 Å². The molecular weight excluding hydrogens is 302 g/mol. The Morgan fingerprint density at radius 1 is 1.16 bits per heavy atom. The van der Waals surface area contributed by atoms with Gasteiger partial charge in [0.15, 0.2) is 0 Å². The lowest BCUT2D eigenvalue weighted by molar-refractivity contribution is 0.905. The fourth-order valence-corrected chi connectivity index (χ4v) is 2.43. The van der Waals surface area contributed by atoms with Gasteiger partial charge in [0, 0.05) is 18.5 Å². The number of benzene rings is 1. The SMILES string of the molecule is Brc1cc(NCCc2ccccc2)nc(C2CC2)n1. The van der Waals surface area contributed by atoms with E-state index in [0.29, 0.717) is 5.92 Å². The normalized spacial score (nSPS) is 14.4. The first-order valence-corrected chi connectivity index (χ1v) is 7.43. The Morgan fingerprint density at radius 2 is 1.95 bits per heavy atom. The number of hydrogen-bond donors (Lipinski definition) is 1. The van der Waals surface area contributed by atoms with Crippen molar-refractivity contribution in [3.05, 3.63) is 52.4 Å². The second-order valence-corrected chi connectivity index (χ2v) is 5.68. The van der Waals surface area contributed by atoms with Crippen LogP contribution in [0, 0.1) is 0 Å². The lowest BCUT2D eigenvalue weighted by Crippen LogP contribution is -2.08. The second kappa shape index (κ2) is 5.70. The molecule has 1 heterocycles. The monoisotopic (exact) mass is 317 g/mol. The number of hydrogen-bond acceptors (Lipinski definition) is 3. The second-order valence-electron chi connectivity index (χ2n) is 4.87. The third-order valence-electron chi connectivity index (χ3n) is 3.22. The number of aromatic nitrogens is 2. The van der Waals surface area contributed by atoms with E-state index >= 15 is 0 Å². The van der Waals surface area contributed by atoms with Crippen molar-refractivity contribution in [1.82, 2.24) is 9.97 Å². The van der Waals surface area contributed by atoms with E-state index in [1.165, 1.54) is 18.4 Å². The molecule has 2 aromatic rings. The summed E-state index contributed by atoms with van der Waals surface area (Å²) in [4.78, 5) is 9.00. The molecule has 0 atom stereocenters. The molecule has 1 aromatic heterocycles. The summed E-state index contributed by atoms with van der Waals surface area (Å²) in [7, 11) is 0. The quantitative estimate of drug-likeness (QED) is 0.853.